The smallest absolute Gasteiger partial charge is 0.102 e. The van der Waals surface area contributed by atoms with Gasteiger partial charge >= 0.3 is 0 Å². The molecule has 1 rings (SSSR count). The summed E-state index contributed by atoms with van der Waals surface area (Å²) in [5, 5.41) is 17.6. The van der Waals surface area contributed by atoms with Crippen molar-refractivity contribution in [2.45, 2.75) is 6.10 Å². The number of pyridine rings is 1. The van der Waals surface area contributed by atoms with Crippen molar-refractivity contribution < 1.29 is 10.2 Å². The van der Waals surface area contributed by atoms with Gasteiger partial charge in [0.15, 0.2) is 0 Å². The first-order chi connectivity index (χ1) is 4.84. The highest BCUT2D eigenvalue weighted by Gasteiger charge is 2.02. The van der Waals surface area contributed by atoms with Gasteiger partial charge in [-0.3, -0.25) is 4.98 Å². The van der Waals surface area contributed by atoms with Crippen molar-refractivity contribution in [1.29, 1.82) is 0 Å². The molecule has 0 saturated heterocycles. The monoisotopic (exact) mass is 139 g/mol. The van der Waals surface area contributed by atoms with E-state index in [9.17, 15) is 0 Å². The lowest BCUT2D eigenvalue weighted by Gasteiger charge is -2.04. The normalized spacial score (nSPS) is 13.0. The summed E-state index contributed by atoms with van der Waals surface area (Å²) in [6.45, 7) is -0.246. The first kappa shape index (κ1) is 7.18. The van der Waals surface area contributed by atoms with Gasteiger partial charge in [-0.1, -0.05) is 0 Å². The predicted octanol–water partition coefficient (Wildman–Crippen LogP) is 0.107. The van der Waals surface area contributed by atoms with Gasteiger partial charge in [0.2, 0.25) is 0 Å². The topological polar surface area (TPSA) is 53.4 Å². The van der Waals surface area contributed by atoms with Crippen LogP contribution in [0.3, 0.4) is 0 Å². The third kappa shape index (κ3) is 1.52. The lowest BCUT2D eigenvalue weighted by molar-refractivity contribution is 0.0955. The molecule has 10 heavy (non-hydrogen) atoms. The first-order valence-electron chi connectivity index (χ1n) is 3.03. The van der Waals surface area contributed by atoms with E-state index in [0.717, 1.165) is 0 Å². The highest BCUT2D eigenvalue weighted by molar-refractivity contribution is 5.12. The molecule has 2 N–H and O–H groups in total. The van der Waals surface area contributed by atoms with E-state index in [2.05, 4.69) is 4.98 Å². The van der Waals surface area contributed by atoms with Gasteiger partial charge in [-0.05, 0) is 17.7 Å². The van der Waals surface area contributed by atoms with Crippen LogP contribution < -0.4 is 0 Å². The number of aromatic nitrogens is 1. The minimum absolute atomic E-state index is 0.246. The Kier molecular flexibility index (Phi) is 2.36. The molecule has 0 aliphatic rings. The van der Waals surface area contributed by atoms with Crippen LogP contribution in [-0.4, -0.2) is 21.8 Å². The summed E-state index contributed by atoms with van der Waals surface area (Å²) in [5.74, 6) is 0. The van der Waals surface area contributed by atoms with Crippen molar-refractivity contribution in [2.75, 3.05) is 6.61 Å². The number of nitrogens with zero attached hydrogens (tertiary/aromatic N) is 1. The Labute approximate surface area is 59.0 Å². The first-order valence-corrected chi connectivity index (χ1v) is 3.03. The molecule has 54 valence electrons. The van der Waals surface area contributed by atoms with E-state index in [0.29, 0.717) is 5.56 Å². The second-order valence-corrected chi connectivity index (χ2v) is 1.98. The molecular weight excluding hydrogens is 130 g/mol. The van der Waals surface area contributed by atoms with Gasteiger partial charge in [0, 0.05) is 12.4 Å². The molecule has 0 amide bonds. The summed E-state index contributed by atoms with van der Waals surface area (Å²) < 4.78 is 0. The third-order valence-electron chi connectivity index (χ3n) is 1.26. The highest BCUT2D eigenvalue weighted by atomic mass is 16.3. The van der Waals surface area contributed by atoms with Gasteiger partial charge in [-0.25, -0.2) is 0 Å². The zero-order valence-electron chi connectivity index (χ0n) is 5.44. The summed E-state index contributed by atoms with van der Waals surface area (Å²) in [4.78, 5) is 3.77. The van der Waals surface area contributed by atoms with Gasteiger partial charge in [-0.2, -0.15) is 0 Å². The Morgan fingerprint density at radius 1 is 1.40 bits per heavy atom. The maximum atomic E-state index is 9.05. The summed E-state index contributed by atoms with van der Waals surface area (Å²) in [7, 11) is 0. The largest absolute Gasteiger partial charge is 0.393 e. The van der Waals surface area contributed by atoms with Gasteiger partial charge in [0.25, 0.3) is 0 Å². The van der Waals surface area contributed by atoms with Crippen molar-refractivity contribution >= 4 is 0 Å². The molecule has 0 aromatic carbocycles. The van der Waals surface area contributed by atoms with Crippen LogP contribution in [-0.2, 0) is 0 Å². The van der Waals surface area contributed by atoms with E-state index in [-0.39, 0.29) is 6.61 Å². The zero-order valence-corrected chi connectivity index (χ0v) is 5.44. The second kappa shape index (κ2) is 3.29. The average molecular weight is 139 g/mol. The van der Waals surface area contributed by atoms with Gasteiger partial charge in [-0.15, -0.1) is 0 Å². The molecule has 1 aromatic rings. The van der Waals surface area contributed by atoms with Gasteiger partial charge in [0.05, 0.1) is 6.61 Å². The van der Waals surface area contributed by atoms with E-state index < -0.39 is 6.10 Å². The average Bonchev–Trinajstić information content (AvgIpc) is 2.05. The quantitative estimate of drug-likeness (QED) is 0.611. The lowest BCUT2D eigenvalue weighted by atomic mass is 10.2. The van der Waals surface area contributed by atoms with Crippen LogP contribution in [0.5, 0.6) is 0 Å². The number of aliphatic hydroxyl groups is 2. The Morgan fingerprint density at radius 2 is 2.00 bits per heavy atom. The molecule has 3 nitrogen and oxygen atoms in total. The fourth-order valence-electron chi connectivity index (χ4n) is 0.691. The van der Waals surface area contributed by atoms with Crippen molar-refractivity contribution in [2.24, 2.45) is 0 Å². The molecule has 1 aromatic heterocycles. The van der Waals surface area contributed by atoms with E-state index in [1.807, 2.05) is 0 Å². The highest BCUT2D eigenvalue weighted by Crippen LogP contribution is 2.08. The van der Waals surface area contributed by atoms with Crippen LogP contribution in [0, 0.1) is 0 Å². The summed E-state index contributed by atoms with van der Waals surface area (Å²) >= 11 is 0. The molecule has 0 bridgehead atoms. The molecule has 0 fully saturated rings. The fraction of sp³-hybridized carbons (Fsp3) is 0.286. The van der Waals surface area contributed by atoms with E-state index in [1.54, 1.807) is 24.5 Å². The van der Waals surface area contributed by atoms with E-state index >= 15 is 0 Å². The second-order valence-electron chi connectivity index (χ2n) is 1.98. The zero-order chi connectivity index (χ0) is 7.40. The van der Waals surface area contributed by atoms with E-state index in [4.69, 9.17) is 10.2 Å². The molecule has 0 aliphatic heterocycles. The summed E-state index contributed by atoms with van der Waals surface area (Å²) in [6, 6.07) is 3.34. The Bertz CT molecular complexity index is 188. The van der Waals surface area contributed by atoms with Crippen LogP contribution in [0.15, 0.2) is 24.5 Å². The molecule has 0 radical (unpaired) electrons. The van der Waals surface area contributed by atoms with Crippen molar-refractivity contribution in [3.63, 3.8) is 0 Å². The molecule has 0 unspecified atom stereocenters. The van der Waals surface area contributed by atoms with Crippen LogP contribution >= 0.6 is 0 Å². The fourth-order valence-corrected chi connectivity index (χ4v) is 0.691. The number of hydrogen-bond donors (Lipinski definition) is 2. The number of hydrogen-bond acceptors (Lipinski definition) is 3. The maximum absolute atomic E-state index is 9.05. The van der Waals surface area contributed by atoms with Crippen LogP contribution in [0.1, 0.15) is 11.7 Å². The molecule has 0 saturated carbocycles. The van der Waals surface area contributed by atoms with Crippen LogP contribution in [0.25, 0.3) is 0 Å². The van der Waals surface area contributed by atoms with Crippen molar-refractivity contribution in [3.05, 3.63) is 30.1 Å². The Balaban J connectivity index is 2.75. The minimum Gasteiger partial charge on any atom is -0.393 e. The van der Waals surface area contributed by atoms with Crippen LogP contribution in [0.2, 0.25) is 0 Å². The predicted molar refractivity (Wildman–Crippen MR) is 36.3 cm³/mol. The van der Waals surface area contributed by atoms with Gasteiger partial charge < -0.3 is 10.2 Å². The van der Waals surface area contributed by atoms with E-state index in [1.165, 1.54) is 0 Å². The molecular formula is C7H9NO2. The standard InChI is InChI=1S/C7H9NO2/c9-5-7(10)6-1-3-8-4-2-6/h1-4,7,9-10H,5H2/t7-/m0/s1. The number of aliphatic hydroxyl groups excluding tert-OH is 2. The maximum Gasteiger partial charge on any atom is 0.102 e. The minimum atomic E-state index is -0.775. The van der Waals surface area contributed by atoms with Gasteiger partial charge in [0.1, 0.15) is 6.10 Å². The van der Waals surface area contributed by atoms with Crippen LogP contribution in [0.4, 0.5) is 0 Å². The van der Waals surface area contributed by atoms with Crippen molar-refractivity contribution in [1.82, 2.24) is 4.98 Å². The van der Waals surface area contributed by atoms with Crippen molar-refractivity contribution in [3.8, 4) is 0 Å². The lowest BCUT2D eigenvalue weighted by Crippen LogP contribution is -2.01. The number of rotatable bonds is 2. The molecule has 1 heterocycles. The summed E-state index contributed by atoms with van der Waals surface area (Å²) in [6.07, 6.45) is 2.38. The molecule has 3 heteroatoms. The Morgan fingerprint density at radius 3 is 2.50 bits per heavy atom. The molecule has 1 atom stereocenters. The molecule has 0 aliphatic carbocycles. The molecule has 0 spiro atoms. The summed E-state index contributed by atoms with van der Waals surface area (Å²) in [5.41, 5.74) is 0.692. The SMILES string of the molecule is OC[C@H](O)c1ccncc1. The third-order valence-corrected chi connectivity index (χ3v) is 1.26. The Hall–Kier alpha value is -0.930.